The molecule has 0 aliphatic heterocycles. The molecule has 3 nitrogen and oxygen atoms in total. The van der Waals surface area contributed by atoms with E-state index >= 15 is 0 Å². The highest BCUT2D eigenvalue weighted by Crippen LogP contribution is 2.36. The van der Waals surface area contributed by atoms with Gasteiger partial charge in [-0.25, -0.2) is 0 Å². The first-order valence-electron chi connectivity index (χ1n) is 6.60. The molecule has 1 aliphatic carbocycles. The van der Waals surface area contributed by atoms with Crippen LogP contribution in [0.15, 0.2) is 0 Å². The van der Waals surface area contributed by atoms with Crippen LogP contribution < -0.4 is 11.1 Å². The molecule has 0 aromatic carbocycles. The number of hydrogen-bond donors (Lipinski definition) is 2. The lowest BCUT2D eigenvalue weighted by Gasteiger charge is -2.13. The summed E-state index contributed by atoms with van der Waals surface area (Å²) < 4.78 is 0. The minimum Gasteiger partial charge on any atom is -0.356 e. The zero-order valence-electron chi connectivity index (χ0n) is 10.7. The van der Waals surface area contributed by atoms with Gasteiger partial charge in [-0.05, 0) is 50.0 Å². The highest BCUT2D eigenvalue weighted by molar-refractivity contribution is 5.75. The summed E-state index contributed by atoms with van der Waals surface area (Å²) >= 11 is 0. The molecule has 0 bridgehead atoms. The van der Waals surface area contributed by atoms with Gasteiger partial charge in [0.1, 0.15) is 0 Å². The number of rotatable bonds is 8. The van der Waals surface area contributed by atoms with Crippen LogP contribution in [0.1, 0.15) is 46.0 Å². The predicted molar refractivity (Wildman–Crippen MR) is 67.0 cm³/mol. The van der Waals surface area contributed by atoms with Gasteiger partial charge in [0.05, 0.1) is 0 Å². The first-order valence-corrected chi connectivity index (χ1v) is 6.60. The summed E-state index contributed by atoms with van der Waals surface area (Å²) in [7, 11) is 0. The van der Waals surface area contributed by atoms with Gasteiger partial charge < -0.3 is 11.1 Å². The minimum absolute atomic E-state index is 0.205. The quantitative estimate of drug-likeness (QED) is 0.664. The number of nitrogens with one attached hydrogen (secondary N) is 1. The Labute approximate surface area is 99.2 Å². The maximum Gasteiger partial charge on any atom is 0.220 e. The number of nitrogens with two attached hydrogens (primary N) is 1. The zero-order chi connectivity index (χ0) is 12.0. The van der Waals surface area contributed by atoms with Crippen LogP contribution in [0, 0.1) is 17.8 Å². The molecule has 1 aliphatic rings. The molecule has 2 atom stereocenters. The Morgan fingerprint density at radius 2 is 2.06 bits per heavy atom. The minimum atomic E-state index is 0.205. The van der Waals surface area contributed by atoms with Crippen LogP contribution >= 0.6 is 0 Å². The average molecular weight is 226 g/mol. The standard InChI is InChI=1S/C13H26N2O/c1-10(7-8-14)3-6-13(16)15-9-11(2)12-4-5-12/h10-12H,3-9,14H2,1-2H3,(H,15,16). The molecule has 0 aromatic rings. The number of amides is 1. The van der Waals surface area contributed by atoms with Crippen molar-refractivity contribution in [3.63, 3.8) is 0 Å². The topological polar surface area (TPSA) is 55.1 Å². The van der Waals surface area contributed by atoms with Crippen LogP contribution in [0.4, 0.5) is 0 Å². The van der Waals surface area contributed by atoms with Gasteiger partial charge >= 0.3 is 0 Å². The van der Waals surface area contributed by atoms with Crippen LogP contribution in [0.25, 0.3) is 0 Å². The number of carbonyl (C=O) groups is 1. The molecular formula is C13H26N2O. The van der Waals surface area contributed by atoms with E-state index in [9.17, 15) is 4.79 Å². The third-order valence-corrected chi connectivity index (χ3v) is 3.57. The Hall–Kier alpha value is -0.570. The van der Waals surface area contributed by atoms with Gasteiger partial charge in [0.15, 0.2) is 0 Å². The third-order valence-electron chi connectivity index (χ3n) is 3.57. The fourth-order valence-electron chi connectivity index (χ4n) is 2.00. The summed E-state index contributed by atoms with van der Waals surface area (Å²) in [5.74, 6) is 2.30. The van der Waals surface area contributed by atoms with Gasteiger partial charge in [-0.15, -0.1) is 0 Å². The highest BCUT2D eigenvalue weighted by Gasteiger charge is 2.27. The molecule has 94 valence electrons. The maximum absolute atomic E-state index is 11.6. The van der Waals surface area contributed by atoms with E-state index in [1.165, 1.54) is 12.8 Å². The maximum atomic E-state index is 11.6. The molecular weight excluding hydrogens is 200 g/mol. The highest BCUT2D eigenvalue weighted by atomic mass is 16.1. The van der Waals surface area contributed by atoms with Gasteiger partial charge in [-0.3, -0.25) is 4.79 Å². The molecule has 0 saturated heterocycles. The molecule has 1 fully saturated rings. The van der Waals surface area contributed by atoms with E-state index in [1.54, 1.807) is 0 Å². The van der Waals surface area contributed by atoms with E-state index in [2.05, 4.69) is 19.2 Å². The lowest BCUT2D eigenvalue weighted by Crippen LogP contribution is -2.29. The van der Waals surface area contributed by atoms with Crippen molar-refractivity contribution in [3.05, 3.63) is 0 Å². The molecule has 0 aromatic heterocycles. The summed E-state index contributed by atoms with van der Waals surface area (Å²) in [6, 6.07) is 0. The van der Waals surface area contributed by atoms with Gasteiger partial charge in [0, 0.05) is 13.0 Å². The molecule has 1 amide bonds. The van der Waals surface area contributed by atoms with Crippen molar-refractivity contribution in [1.29, 1.82) is 0 Å². The molecule has 2 unspecified atom stereocenters. The summed E-state index contributed by atoms with van der Waals surface area (Å²) in [5.41, 5.74) is 5.47. The van der Waals surface area contributed by atoms with Crippen molar-refractivity contribution in [2.24, 2.45) is 23.5 Å². The van der Waals surface area contributed by atoms with Gasteiger partial charge in [-0.1, -0.05) is 13.8 Å². The summed E-state index contributed by atoms with van der Waals surface area (Å²) in [6.45, 7) is 5.97. The van der Waals surface area contributed by atoms with E-state index < -0.39 is 0 Å². The summed E-state index contributed by atoms with van der Waals surface area (Å²) in [6.07, 6.45) is 5.33. The zero-order valence-corrected chi connectivity index (χ0v) is 10.7. The van der Waals surface area contributed by atoms with Crippen molar-refractivity contribution < 1.29 is 4.79 Å². The Kier molecular flexibility index (Phi) is 5.81. The van der Waals surface area contributed by atoms with E-state index in [4.69, 9.17) is 5.73 Å². The predicted octanol–water partition coefficient (Wildman–Crippen LogP) is 1.91. The Morgan fingerprint density at radius 1 is 1.38 bits per heavy atom. The number of carbonyl (C=O) groups excluding carboxylic acids is 1. The molecule has 0 spiro atoms. The second kappa shape index (κ2) is 6.89. The largest absolute Gasteiger partial charge is 0.356 e. The van der Waals surface area contributed by atoms with Crippen molar-refractivity contribution in [1.82, 2.24) is 5.32 Å². The van der Waals surface area contributed by atoms with Gasteiger partial charge in [0.25, 0.3) is 0 Å². The molecule has 0 radical (unpaired) electrons. The second-order valence-corrected chi connectivity index (χ2v) is 5.34. The summed E-state index contributed by atoms with van der Waals surface area (Å²) in [5, 5.41) is 3.03. The smallest absolute Gasteiger partial charge is 0.220 e. The van der Waals surface area contributed by atoms with E-state index in [1.807, 2.05) is 0 Å². The normalized spacial score (nSPS) is 19.2. The fourth-order valence-corrected chi connectivity index (χ4v) is 2.00. The molecule has 16 heavy (non-hydrogen) atoms. The van der Waals surface area contributed by atoms with E-state index in [0.717, 1.165) is 31.8 Å². The van der Waals surface area contributed by atoms with Crippen molar-refractivity contribution in [2.75, 3.05) is 13.1 Å². The van der Waals surface area contributed by atoms with Gasteiger partial charge in [0.2, 0.25) is 5.91 Å². The Morgan fingerprint density at radius 3 is 2.62 bits per heavy atom. The molecule has 1 rings (SSSR count). The van der Waals surface area contributed by atoms with Crippen molar-refractivity contribution in [3.8, 4) is 0 Å². The van der Waals surface area contributed by atoms with Crippen LogP contribution in [0.2, 0.25) is 0 Å². The Bertz CT molecular complexity index is 214. The summed E-state index contributed by atoms with van der Waals surface area (Å²) in [4.78, 5) is 11.6. The van der Waals surface area contributed by atoms with Crippen LogP contribution in [-0.4, -0.2) is 19.0 Å². The van der Waals surface area contributed by atoms with E-state index in [0.29, 0.717) is 18.3 Å². The average Bonchev–Trinajstić information content (AvgIpc) is 3.07. The first kappa shape index (κ1) is 13.5. The van der Waals surface area contributed by atoms with Gasteiger partial charge in [-0.2, -0.15) is 0 Å². The van der Waals surface area contributed by atoms with E-state index in [-0.39, 0.29) is 5.91 Å². The van der Waals surface area contributed by atoms with Crippen molar-refractivity contribution >= 4 is 5.91 Å². The Balaban J connectivity index is 2.01. The lowest BCUT2D eigenvalue weighted by atomic mass is 10.0. The number of hydrogen-bond acceptors (Lipinski definition) is 2. The second-order valence-electron chi connectivity index (χ2n) is 5.34. The van der Waals surface area contributed by atoms with Crippen LogP contribution in [0.3, 0.4) is 0 Å². The lowest BCUT2D eigenvalue weighted by molar-refractivity contribution is -0.121. The van der Waals surface area contributed by atoms with Crippen LogP contribution in [0.5, 0.6) is 0 Å². The molecule has 3 N–H and O–H groups in total. The molecule has 0 heterocycles. The van der Waals surface area contributed by atoms with Crippen molar-refractivity contribution in [2.45, 2.75) is 46.0 Å². The fraction of sp³-hybridized carbons (Fsp3) is 0.923. The molecule has 3 heteroatoms. The van der Waals surface area contributed by atoms with Crippen LogP contribution in [-0.2, 0) is 4.79 Å². The SMILES string of the molecule is CC(CCN)CCC(=O)NCC(C)C1CC1. The molecule has 1 saturated carbocycles. The monoisotopic (exact) mass is 226 g/mol. The first-order chi connectivity index (χ1) is 7.63. The third kappa shape index (κ3) is 5.50.